The van der Waals surface area contributed by atoms with Crippen molar-refractivity contribution in [3.8, 4) is 22.7 Å². The van der Waals surface area contributed by atoms with E-state index in [1.165, 1.54) is 31.0 Å². The fraction of sp³-hybridized carbons (Fsp3) is 0.296. The van der Waals surface area contributed by atoms with E-state index < -0.39 is 0 Å². The van der Waals surface area contributed by atoms with Crippen LogP contribution in [0, 0.1) is 0 Å². The van der Waals surface area contributed by atoms with Crippen molar-refractivity contribution in [1.29, 1.82) is 0 Å². The molecule has 1 aromatic heterocycles. The van der Waals surface area contributed by atoms with Crippen LogP contribution in [0.5, 0.6) is 5.75 Å². The number of carbonyl (C=O) groups is 1. The third-order valence-electron chi connectivity index (χ3n) is 5.63. The zero-order valence-electron chi connectivity index (χ0n) is 19.6. The van der Waals surface area contributed by atoms with Gasteiger partial charge in [0.2, 0.25) is 0 Å². The van der Waals surface area contributed by atoms with Crippen LogP contribution in [0.25, 0.3) is 23.0 Å². The molecule has 2 heterocycles. The van der Waals surface area contributed by atoms with Gasteiger partial charge in [-0.15, -0.1) is 0 Å². The number of carbonyl (C=O) groups excluding carboxylic acids is 1. The minimum atomic E-state index is -0.0530. The SMILES string of the molecule is CCCCCCOc1ccc(-c2nn(-c3ccccc3)cc2C=C2SC(=S)N(CC)C2=O)cc1. The van der Waals surface area contributed by atoms with Crippen LogP contribution in [0.1, 0.15) is 45.1 Å². The van der Waals surface area contributed by atoms with Gasteiger partial charge in [-0.1, -0.05) is 68.4 Å². The summed E-state index contributed by atoms with van der Waals surface area (Å²) in [4.78, 5) is 15.0. The first kappa shape index (κ1) is 24.2. The van der Waals surface area contributed by atoms with Crippen LogP contribution in [0.15, 0.2) is 65.7 Å². The minimum Gasteiger partial charge on any atom is -0.494 e. The molecule has 7 heteroatoms. The molecule has 0 radical (unpaired) electrons. The van der Waals surface area contributed by atoms with E-state index in [9.17, 15) is 4.79 Å². The molecule has 4 rings (SSSR count). The van der Waals surface area contributed by atoms with Gasteiger partial charge < -0.3 is 4.74 Å². The smallest absolute Gasteiger partial charge is 0.266 e. The van der Waals surface area contributed by atoms with Crippen LogP contribution >= 0.6 is 24.0 Å². The highest BCUT2D eigenvalue weighted by Crippen LogP contribution is 2.35. The lowest BCUT2D eigenvalue weighted by molar-refractivity contribution is -0.121. The van der Waals surface area contributed by atoms with Crippen molar-refractivity contribution in [2.24, 2.45) is 0 Å². The highest BCUT2D eigenvalue weighted by Gasteiger charge is 2.31. The Bertz CT molecular complexity index is 1170. The van der Waals surface area contributed by atoms with E-state index in [0.29, 0.717) is 15.8 Å². The summed E-state index contributed by atoms with van der Waals surface area (Å²) >= 11 is 6.72. The number of amides is 1. The zero-order valence-corrected chi connectivity index (χ0v) is 21.2. The first-order chi connectivity index (χ1) is 16.6. The van der Waals surface area contributed by atoms with Crippen molar-refractivity contribution in [1.82, 2.24) is 14.7 Å². The molecule has 0 N–H and O–H groups in total. The van der Waals surface area contributed by atoms with Crippen molar-refractivity contribution in [3.05, 3.63) is 71.3 Å². The van der Waals surface area contributed by atoms with Crippen molar-refractivity contribution in [2.45, 2.75) is 39.5 Å². The van der Waals surface area contributed by atoms with E-state index in [2.05, 4.69) is 6.92 Å². The summed E-state index contributed by atoms with van der Waals surface area (Å²) in [6.07, 6.45) is 8.58. The quantitative estimate of drug-likeness (QED) is 0.179. The second kappa shape index (κ2) is 11.5. The summed E-state index contributed by atoms with van der Waals surface area (Å²) in [6.45, 7) is 5.43. The number of hydrogen-bond donors (Lipinski definition) is 0. The maximum absolute atomic E-state index is 12.8. The maximum atomic E-state index is 12.8. The molecule has 0 atom stereocenters. The molecule has 1 aliphatic rings. The van der Waals surface area contributed by atoms with Gasteiger partial charge in [0.05, 0.1) is 22.9 Å². The largest absolute Gasteiger partial charge is 0.494 e. The number of thiocarbonyl (C=S) groups is 1. The van der Waals surface area contributed by atoms with Gasteiger partial charge in [0.1, 0.15) is 10.1 Å². The number of likely N-dealkylation sites (N-methyl/N-ethyl adjacent to an activating group) is 1. The Morgan fingerprint density at radius 2 is 1.79 bits per heavy atom. The van der Waals surface area contributed by atoms with Crippen LogP contribution in [0.2, 0.25) is 0 Å². The molecule has 1 amide bonds. The van der Waals surface area contributed by atoms with E-state index in [0.717, 1.165) is 41.3 Å². The second-order valence-corrected chi connectivity index (χ2v) is 9.75. The Labute approximate surface area is 210 Å². The molecule has 5 nitrogen and oxygen atoms in total. The second-order valence-electron chi connectivity index (χ2n) is 8.07. The molecule has 0 spiro atoms. The fourth-order valence-corrected chi connectivity index (χ4v) is 5.15. The van der Waals surface area contributed by atoms with E-state index in [1.54, 1.807) is 4.90 Å². The van der Waals surface area contributed by atoms with E-state index in [-0.39, 0.29) is 5.91 Å². The maximum Gasteiger partial charge on any atom is 0.266 e. The zero-order chi connectivity index (χ0) is 23.9. The molecule has 1 aliphatic heterocycles. The lowest BCUT2D eigenvalue weighted by Crippen LogP contribution is -2.27. The van der Waals surface area contributed by atoms with Crippen LogP contribution in [0.3, 0.4) is 0 Å². The van der Waals surface area contributed by atoms with Crippen molar-refractivity contribution >= 4 is 40.3 Å². The van der Waals surface area contributed by atoms with Gasteiger partial charge in [-0.05, 0) is 55.8 Å². The van der Waals surface area contributed by atoms with Crippen LogP contribution in [-0.2, 0) is 4.79 Å². The molecule has 2 aromatic carbocycles. The number of hydrogen-bond acceptors (Lipinski definition) is 5. The highest BCUT2D eigenvalue weighted by atomic mass is 32.2. The predicted molar refractivity (Wildman–Crippen MR) is 144 cm³/mol. The summed E-state index contributed by atoms with van der Waals surface area (Å²) in [5, 5.41) is 4.87. The van der Waals surface area contributed by atoms with E-state index >= 15 is 0 Å². The van der Waals surface area contributed by atoms with Gasteiger partial charge in [0.25, 0.3) is 5.91 Å². The van der Waals surface area contributed by atoms with E-state index in [4.69, 9.17) is 22.1 Å². The number of aromatic nitrogens is 2. The number of ether oxygens (including phenoxy) is 1. The molecular weight excluding hydrogens is 462 g/mol. The topological polar surface area (TPSA) is 47.4 Å². The molecule has 34 heavy (non-hydrogen) atoms. The van der Waals surface area contributed by atoms with Gasteiger partial charge in [-0.3, -0.25) is 9.69 Å². The Kier molecular flexibility index (Phi) is 8.19. The number of unbranched alkanes of at least 4 members (excludes halogenated alkanes) is 3. The molecule has 1 saturated heterocycles. The first-order valence-corrected chi connectivity index (χ1v) is 13.0. The Morgan fingerprint density at radius 1 is 1.03 bits per heavy atom. The minimum absolute atomic E-state index is 0.0530. The number of benzene rings is 2. The molecule has 3 aromatic rings. The summed E-state index contributed by atoms with van der Waals surface area (Å²) in [5.74, 6) is 0.802. The average Bonchev–Trinajstić information content (AvgIpc) is 3.40. The summed E-state index contributed by atoms with van der Waals surface area (Å²) < 4.78 is 8.34. The molecule has 0 aliphatic carbocycles. The molecule has 0 bridgehead atoms. The molecular formula is C27H29N3O2S2. The summed E-state index contributed by atoms with van der Waals surface area (Å²) in [7, 11) is 0. The van der Waals surface area contributed by atoms with Crippen LogP contribution in [0.4, 0.5) is 0 Å². The number of rotatable bonds is 10. The summed E-state index contributed by atoms with van der Waals surface area (Å²) in [6, 6.07) is 18.0. The molecule has 1 fully saturated rings. The number of nitrogens with zero attached hydrogens (tertiary/aromatic N) is 3. The molecule has 0 saturated carbocycles. The van der Waals surface area contributed by atoms with Crippen LogP contribution < -0.4 is 4.74 Å². The third-order valence-corrected chi connectivity index (χ3v) is 7.01. The Morgan fingerprint density at radius 3 is 2.47 bits per heavy atom. The third kappa shape index (κ3) is 5.59. The normalized spacial score (nSPS) is 14.9. The fourth-order valence-electron chi connectivity index (χ4n) is 3.77. The summed E-state index contributed by atoms with van der Waals surface area (Å²) in [5.41, 5.74) is 3.59. The standard InChI is InChI=1S/C27H29N3O2S2/c1-3-5-6-10-17-32-23-15-13-20(14-16-23)25-21(18-24-26(31)29(4-2)27(33)34-24)19-30(28-25)22-11-8-7-9-12-22/h7-9,11-16,18-19H,3-6,10,17H2,1-2H3. The average molecular weight is 492 g/mol. The van der Waals surface area contributed by atoms with Gasteiger partial charge in [0.15, 0.2) is 0 Å². The highest BCUT2D eigenvalue weighted by molar-refractivity contribution is 8.26. The van der Waals surface area contributed by atoms with Gasteiger partial charge in [-0.2, -0.15) is 5.10 Å². The number of para-hydroxylation sites is 1. The first-order valence-electron chi connectivity index (χ1n) is 11.7. The Balaban J connectivity index is 1.62. The molecule has 176 valence electrons. The lowest BCUT2D eigenvalue weighted by Gasteiger charge is -2.09. The van der Waals surface area contributed by atoms with Gasteiger partial charge in [0, 0.05) is 23.9 Å². The van der Waals surface area contributed by atoms with Gasteiger partial charge in [-0.25, -0.2) is 4.68 Å². The number of thioether (sulfide) groups is 1. The van der Waals surface area contributed by atoms with Crippen LogP contribution in [-0.4, -0.2) is 38.1 Å². The predicted octanol–water partition coefficient (Wildman–Crippen LogP) is 6.72. The Hall–Kier alpha value is -2.90. The lowest BCUT2D eigenvalue weighted by atomic mass is 10.1. The van der Waals surface area contributed by atoms with Crippen molar-refractivity contribution in [3.63, 3.8) is 0 Å². The molecule has 0 unspecified atom stereocenters. The van der Waals surface area contributed by atoms with Crippen molar-refractivity contribution < 1.29 is 9.53 Å². The monoisotopic (exact) mass is 491 g/mol. The van der Waals surface area contributed by atoms with Gasteiger partial charge >= 0.3 is 0 Å². The van der Waals surface area contributed by atoms with Crippen molar-refractivity contribution in [2.75, 3.05) is 13.2 Å². The van der Waals surface area contributed by atoms with E-state index in [1.807, 2.05) is 78.5 Å².